The molecule has 0 aliphatic rings. The largest absolute Gasteiger partial charge is 0.497 e. The molecule has 0 saturated carbocycles. The molecular weight excluding hydrogens is 271 g/mol. The average molecular weight is 286 g/mol. The molecule has 0 aliphatic heterocycles. The average Bonchev–Trinajstić information content (AvgIpc) is 2.36. The minimum atomic E-state index is -4.33. The lowest BCUT2D eigenvalue weighted by Crippen LogP contribution is -2.08. The van der Waals surface area contributed by atoms with Gasteiger partial charge < -0.3 is 19.3 Å². The first-order chi connectivity index (χ1) is 8.85. The van der Waals surface area contributed by atoms with Crippen LogP contribution in [0.25, 0.3) is 6.08 Å². The Hall–Kier alpha value is -1.62. The zero-order valence-corrected chi connectivity index (χ0v) is 11.5. The van der Waals surface area contributed by atoms with E-state index in [1.807, 2.05) is 0 Å². The lowest BCUT2D eigenvalue weighted by Gasteiger charge is -2.07. The number of hydrogen-bond acceptors (Lipinski definition) is 4. The minimum absolute atomic E-state index is 0.0824. The first-order valence-electron chi connectivity index (χ1n) is 5.33. The summed E-state index contributed by atoms with van der Waals surface area (Å²) in [7, 11) is -1.65. The van der Waals surface area contributed by atoms with Gasteiger partial charge in [-0.1, -0.05) is 12.1 Å². The third-order valence-electron chi connectivity index (χ3n) is 2.28. The Kier molecular flexibility index (Phi) is 5.30. The number of methoxy groups -OCH3 is 2. The van der Waals surface area contributed by atoms with E-state index in [-0.39, 0.29) is 5.57 Å². The Morgan fingerprint density at radius 1 is 1.26 bits per heavy atom. The molecule has 0 aromatic heterocycles. The lowest BCUT2D eigenvalue weighted by molar-refractivity contribution is -0.135. The van der Waals surface area contributed by atoms with Gasteiger partial charge in [0.2, 0.25) is 0 Å². The zero-order chi connectivity index (χ0) is 14.5. The maximum Gasteiger partial charge on any atom is 0.334 e. The molecule has 0 heterocycles. The van der Waals surface area contributed by atoms with Crippen molar-refractivity contribution in [1.82, 2.24) is 0 Å². The van der Waals surface area contributed by atoms with Crippen LogP contribution in [0.5, 0.6) is 5.75 Å². The van der Waals surface area contributed by atoms with Crippen LogP contribution in [-0.2, 0) is 14.1 Å². The van der Waals surface area contributed by atoms with Crippen LogP contribution in [0.4, 0.5) is 0 Å². The van der Waals surface area contributed by atoms with Crippen molar-refractivity contribution in [1.29, 1.82) is 0 Å². The van der Waals surface area contributed by atoms with Crippen LogP contribution in [0.2, 0.25) is 0 Å². The van der Waals surface area contributed by atoms with Crippen molar-refractivity contribution in [3.63, 3.8) is 0 Å². The SMILES string of the molecule is COC(=O)/C(=C/c1ccc(OC)cc1)CP(=O)(O)O. The zero-order valence-electron chi connectivity index (χ0n) is 10.6. The predicted octanol–water partition coefficient (Wildman–Crippen LogP) is 1.43. The molecular formula is C12H15O6P. The van der Waals surface area contributed by atoms with Crippen molar-refractivity contribution in [3.8, 4) is 5.75 Å². The van der Waals surface area contributed by atoms with Crippen LogP contribution in [0.15, 0.2) is 29.8 Å². The van der Waals surface area contributed by atoms with E-state index in [4.69, 9.17) is 14.5 Å². The van der Waals surface area contributed by atoms with E-state index in [1.54, 1.807) is 24.3 Å². The van der Waals surface area contributed by atoms with E-state index in [2.05, 4.69) is 4.74 Å². The molecule has 2 N–H and O–H groups in total. The molecule has 1 aromatic carbocycles. The Balaban J connectivity index is 3.04. The number of hydrogen-bond donors (Lipinski definition) is 2. The van der Waals surface area contributed by atoms with Crippen LogP contribution in [0.1, 0.15) is 5.56 Å². The fourth-order valence-electron chi connectivity index (χ4n) is 1.42. The van der Waals surface area contributed by atoms with Crippen LogP contribution in [0.3, 0.4) is 0 Å². The van der Waals surface area contributed by atoms with Gasteiger partial charge in [-0.3, -0.25) is 4.57 Å². The Morgan fingerprint density at radius 3 is 2.26 bits per heavy atom. The molecule has 0 atom stereocenters. The summed E-state index contributed by atoms with van der Waals surface area (Å²) >= 11 is 0. The summed E-state index contributed by atoms with van der Waals surface area (Å²) in [5.74, 6) is -0.120. The highest BCUT2D eigenvalue weighted by Gasteiger charge is 2.21. The number of esters is 1. The monoisotopic (exact) mass is 286 g/mol. The molecule has 1 rings (SSSR count). The maximum absolute atomic E-state index is 11.5. The molecule has 0 amide bonds. The summed E-state index contributed by atoms with van der Waals surface area (Å²) < 4.78 is 20.5. The van der Waals surface area contributed by atoms with Crippen LogP contribution >= 0.6 is 7.60 Å². The van der Waals surface area contributed by atoms with Gasteiger partial charge in [-0.25, -0.2) is 4.79 Å². The fraction of sp³-hybridized carbons (Fsp3) is 0.250. The van der Waals surface area contributed by atoms with Crippen molar-refractivity contribution in [3.05, 3.63) is 35.4 Å². The van der Waals surface area contributed by atoms with Crippen LogP contribution < -0.4 is 4.74 Å². The standard InChI is InChI=1S/C12H15O6P/c1-17-11-5-3-9(4-6-11)7-10(12(13)18-2)8-19(14,15)16/h3-7H,8H2,1-2H3,(H2,14,15,16)/b10-7+. The predicted molar refractivity (Wildman–Crippen MR) is 69.9 cm³/mol. The van der Waals surface area contributed by atoms with E-state index < -0.39 is 19.7 Å². The molecule has 0 unspecified atom stereocenters. The number of carbonyl (C=O) groups is 1. The summed E-state index contributed by atoms with van der Waals surface area (Å²) in [6.07, 6.45) is 0.718. The second kappa shape index (κ2) is 6.52. The lowest BCUT2D eigenvalue weighted by atomic mass is 10.1. The number of carbonyl (C=O) groups excluding carboxylic acids is 1. The maximum atomic E-state index is 11.5. The van der Waals surface area contributed by atoms with Gasteiger partial charge in [0.05, 0.1) is 20.4 Å². The van der Waals surface area contributed by atoms with Gasteiger partial charge in [-0.2, -0.15) is 0 Å². The Morgan fingerprint density at radius 2 is 1.84 bits per heavy atom. The first-order valence-corrected chi connectivity index (χ1v) is 7.13. The summed E-state index contributed by atoms with van der Waals surface area (Å²) in [6, 6.07) is 6.69. The molecule has 0 saturated heterocycles. The summed E-state index contributed by atoms with van der Waals surface area (Å²) in [5.41, 5.74) is 0.538. The molecule has 0 radical (unpaired) electrons. The topological polar surface area (TPSA) is 93.1 Å². The van der Waals surface area contributed by atoms with Gasteiger partial charge in [-0.15, -0.1) is 0 Å². The van der Waals surface area contributed by atoms with Crippen molar-refractivity contribution in [2.75, 3.05) is 20.4 Å². The van der Waals surface area contributed by atoms with Gasteiger partial charge in [0, 0.05) is 5.57 Å². The smallest absolute Gasteiger partial charge is 0.334 e. The third kappa shape index (κ3) is 5.26. The van der Waals surface area contributed by atoms with Gasteiger partial charge >= 0.3 is 13.6 Å². The molecule has 19 heavy (non-hydrogen) atoms. The summed E-state index contributed by atoms with van der Waals surface area (Å²) in [5, 5.41) is 0. The highest BCUT2D eigenvalue weighted by Crippen LogP contribution is 2.37. The van der Waals surface area contributed by atoms with Gasteiger partial charge in [0.1, 0.15) is 5.75 Å². The van der Waals surface area contributed by atoms with Crippen molar-refractivity contribution >= 4 is 19.6 Å². The molecule has 0 aliphatic carbocycles. The molecule has 7 heteroatoms. The number of ether oxygens (including phenoxy) is 2. The third-order valence-corrected chi connectivity index (χ3v) is 3.03. The first kappa shape index (κ1) is 15.4. The van der Waals surface area contributed by atoms with E-state index in [0.29, 0.717) is 11.3 Å². The normalized spacial score (nSPS) is 12.1. The van der Waals surface area contributed by atoms with Crippen LogP contribution in [0, 0.1) is 0 Å². The van der Waals surface area contributed by atoms with E-state index in [0.717, 1.165) is 7.11 Å². The summed E-state index contributed by atoms with van der Waals surface area (Å²) in [4.78, 5) is 29.3. The number of rotatable bonds is 5. The van der Waals surface area contributed by atoms with E-state index in [1.165, 1.54) is 13.2 Å². The van der Waals surface area contributed by atoms with Gasteiger partial charge in [0.15, 0.2) is 0 Å². The molecule has 0 bridgehead atoms. The summed E-state index contributed by atoms with van der Waals surface area (Å²) in [6.45, 7) is 0. The fourth-order valence-corrected chi connectivity index (χ4v) is 2.09. The molecule has 104 valence electrons. The Bertz CT molecular complexity index is 514. The van der Waals surface area contributed by atoms with Gasteiger partial charge in [-0.05, 0) is 23.8 Å². The van der Waals surface area contributed by atoms with Crippen LogP contribution in [-0.4, -0.2) is 36.1 Å². The molecule has 0 fully saturated rings. The second-order valence-corrected chi connectivity index (χ2v) is 5.40. The van der Waals surface area contributed by atoms with E-state index >= 15 is 0 Å². The molecule has 1 aromatic rings. The van der Waals surface area contributed by atoms with Crippen molar-refractivity contribution < 1.29 is 28.6 Å². The van der Waals surface area contributed by atoms with Gasteiger partial charge in [0.25, 0.3) is 0 Å². The highest BCUT2D eigenvalue weighted by atomic mass is 31.2. The Labute approximate surface area is 110 Å². The van der Waals surface area contributed by atoms with E-state index in [9.17, 15) is 9.36 Å². The quantitative estimate of drug-likeness (QED) is 0.483. The van der Waals surface area contributed by atoms with Crippen molar-refractivity contribution in [2.45, 2.75) is 0 Å². The molecule has 6 nitrogen and oxygen atoms in total. The minimum Gasteiger partial charge on any atom is -0.497 e. The highest BCUT2D eigenvalue weighted by molar-refractivity contribution is 7.52. The van der Waals surface area contributed by atoms with Crippen molar-refractivity contribution in [2.24, 2.45) is 0 Å². The molecule has 0 spiro atoms. The number of benzene rings is 1. The second-order valence-electron chi connectivity index (χ2n) is 3.76.